The van der Waals surface area contributed by atoms with Crippen LogP contribution in [-0.4, -0.2) is 56.9 Å². The van der Waals surface area contributed by atoms with Gasteiger partial charge >= 0.3 is 5.97 Å². The van der Waals surface area contributed by atoms with Gasteiger partial charge in [-0.05, 0) is 52.4 Å². The number of nitrogens with zero attached hydrogens (tertiary/aromatic N) is 4. The standard InChI is InChI=1S/C39H34FN5O4S/c1-39(2,3)34-14-13-33(50-34)36(46)44-32(37(47)45-21-29(22-45)38(48)49)16-23-7-9-25(10-8-23)35-42-19-28(20-43-35)30-12-11-27(17-31(30)40)26-6-4-5-24(15-26)18-41/h4-15,17,19-20,29,32H,16,21-22H2,1-3H3,(H,44,46)(H,48,49). The van der Waals surface area contributed by atoms with Gasteiger partial charge in [0.25, 0.3) is 5.91 Å². The number of carboxylic acid groups (broad SMARTS) is 1. The van der Waals surface area contributed by atoms with Crippen LogP contribution in [0.3, 0.4) is 0 Å². The van der Waals surface area contributed by atoms with Gasteiger partial charge in [0.15, 0.2) is 5.82 Å². The number of thiophene rings is 1. The number of aliphatic carboxylic acids is 1. The molecule has 1 aliphatic heterocycles. The van der Waals surface area contributed by atoms with E-state index in [1.54, 1.807) is 48.8 Å². The van der Waals surface area contributed by atoms with Crippen molar-refractivity contribution in [3.63, 3.8) is 0 Å². The Morgan fingerprint density at radius 1 is 0.960 bits per heavy atom. The predicted octanol–water partition coefficient (Wildman–Crippen LogP) is 6.73. The van der Waals surface area contributed by atoms with Crippen molar-refractivity contribution in [3.8, 4) is 39.7 Å². The van der Waals surface area contributed by atoms with Crippen molar-refractivity contribution in [2.24, 2.45) is 5.92 Å². The Hall–Kier alpha value is -5.73. The molecule has 0 aliphatic carbocycles. The summed E-state index contributed by atoms with van der Waals surface area (Å²) >= 11 is 1.38. The highest BCUT2D eigenvalue weighted by Gasteiger charge is 2.39. The summed E-state index contributed by atoms with van der Waals surface area (Å²) in [6.07, 6.45) is 3.32. The summed E-state index contributed by atoms with van der Waals surface area (Å²) in [5.41, 5.74) is 4.11. The van der Waals surface area contributed by atoms with Gasteiger partial charge in [-0.25, -0.2) is 14.4 Å². The summed E-state index contributed by atoms with van der Waals surface area (Å²) in [5.74, 6) is -2.26. The topological polar surface area (TPSA) is 136 Å². The van der Waals surface area contributed by atoms with Gasteiger partial charge in [0.05, 0.1) is 22.4 Å². The van der Waals surface area contributed by atoms with Crippen LogP contribution in [-0.2, 0) is 21.4 Å². The van der Waals surface area contributed by atoms with E-state index in [2.05, 4.69) is 42.1 Å². The summed E-state index contributed by atoms with van der Waals surface area (Å²) in [7, 11) is 0. The fourth-order valence-corrected chi connectivity index (χ4v) is 6.63. The van der Waals surface area contributed by atoms with Gasteiger partial charge in [-0.2, -0.15) is 5.26 Å². The van der Waals surface area contributed by atoms with E-state index >= 15 is 4.39 Å². The normalized spacial score (nSPS) is 13.6. The van der Waals surface area contributed by atoms with Gasteiger partial charge < -0.3 is 15.3 Å². The molecular weight excluding hydrogens is 654 g/mol. The molecule has 0 bridgehead atoms. The van der Waals surface area contributed by atoms with Crippen molar-refractivity contribution in [1.29, 1.82) is 5.26 Å². The maximum Gasteiger partial charge on any atom is 0.310 e. The third kappa shape index (κ3) is 7.46. The Kier molecular flexibility index (Phi) is 9.57. The number of nitrogens with one attached hydrogen (secondary N) is 1. The molecule has 6 rings (SSSR count). The quantitative estimate of drug-likeness (QED) is 0.175. The fourth-order valence-electron chi connectivity index (χ4n) is 5.67. The Labute approximate surface area is 293 Å². The SMILES string of the molecule is CC(C)(C)c1ccc(C(=O)NC(Cc2ccc(-c3ncc(-c4ccc(-c5cccc(C#N)c5)cc4F)cn3)cc2)C(=O)N2CC(C(=O)O)C2)s1. The number of aromatic nitrogens is 2. The minimum absolute atomic E-state index is 0.101. The molecule has 2 N–H and O–H groups in total. The molecule has 1 unspecified atom stereocenters. The van der Waals surface area contributed by atoms with Gasteiger partial charge in [0.1, 0.15) is 11.9 Å². The Bertz CT molecular complexity index is 2110. The third-order valence-corrected chi connectivity index (χ3v) is 10.1. The summed E-state index contributed by atoms with van der Waals surface area (Å²) in [6, 6.07) is 24.0. The Morgan fingerprint density at radius 2 is 1.64 bits per heavy atom. The van der Waals surface area contributed by atoms with Crippen molar-refractivity contribution < 1.29 is 23.9 Å². The first-order valence-corrected chi connectivity index (χ1v) is 16.9. The minimum Gasteiger partial charge on any atom is -0.481 e. The molecule has 1 fully saturated rings. The van der Waals surface area contributed by atoms with Gasteiger partial charge in [-0.15, -0.1) is 11.3 Å². The highest BCUT2D eigenvalue weighted by atomic mass is 32.1. The number of hydrogen-bond donors (Lipinski definition) is 2. The lowest BCUT2D eigenvalue weighted by Crippen LogP contribution is -2.59. The lowest BCUT2D eigenvalue weighted by Gasteiger charge is -2.38. The zero-order chi connectivity index (χ0) is 35.6. The number of amides is 2. The predicted molar refractivity (Wildman–Crippen MR) is 189 cm³/mol. The molecule has 1 saturated heterocycles. The minimum atomic E-state index is -0.948. The van der Waals surface area contributed by atoms with Gasteiger partial charge in [0, 0.05) is 53.5 Å². The smallest absolute Gasteiger partial charge is 0.310 e. The Morgan fingerprint density at radius 3 is 2.26 bits per heavy atom. The molecule has 2 aromatic heterocycles. The third-order valence-electron chi connectivity index (χ3n) is 8.62. The van der Waals surface area contributed by atoms with E-state index in [1.807, 2.05) is 36.4 Å². The molecule has 3 heterocycles. The van der Waals surface area contributed by atoms with Crippen LogP contribution < -0.4 is 5.32 Å². The average molecular weight is 688 g/mol. The molecule has 1 atom stereocenters. The number of nitriles is 1. The van der Waals surface area contributed by atoms with E-state index in [0.717, 1.165) is 16.0 Å². The number of carboxylic acids is 1. The zero-order valence-corrected chi connectivity index (χ0v) is 28.5. The average Bonchev–Trinajstić information content (AvgIpc) is 3.59. The summed E-state index contributed by atoms with van der Waals surface area (Å²) in [5, 5.41) is 21.4. The summed E-state index contributed by atoms with van der Waals surface area (Å²) in [4.78, 5) is 50.0. The molecule has 3 aromatic carbocycles. The van der Waals surface area contributed by atoms with Gasteiger partial charge in [0.2, 0.25) is 5.91 Å². The number of rotatable bonds is 9. The number of halogens is 1. The lowest BCUT2D eigenvalue weighted by molar-refractivity contribution is -0.153. The molecule has 50 heavy (non-hydrogen) atoms. The van der Waals surface area contributed by atoms with Crippen LogP contribution >= 0.6 is 11.3 Å². The second-order valence-electron chi connectivity index (χ2n) is 13.3. The largest absolute Gasteiger partial charge is 0.481 e. The molecule has 1 aliphatic rings. The first kappa shape index (κ1) is 34.1. The van der Waals surface area contributed by atoms with Crippen LogP contribution in [0.2, 0.25) is 0 Å². The molecular formula is C39H34FN5O4S. The van der Waals surface area contributed by atoms with Crippen LogP contribution in [0.15, 0.2) is 91.3 Å². The number of likely N-dealkylation sites (tertiary alicyclic amines) is 1. The molecule has 252 valence electrons. The van der Waals surface area contributed by atoms with E-state index < -0.39 is 23.7 Å². The second-order valence-corrected chi connectivity index (χ2v) is 14.4. The molecule has 11 heteroatoms. The number of carbonyl (C=O) groups excluding carboxylic acids is 2. The summed E-state index contributed by atoms with van der Waals surface area (Å²) < 4.78 is 15.2. The van der Waals surface area contributed by atoms with E-state index in [4.69, 9.17) is 0 Å². The highest BCUT2D eigenvalue weighted by Crippen LogP contribution is 2.31. The Balaban J connectivity index is 1.16. The van der Waals surface area contributed by atoms with E-state index in [-0.39, 0.29) is 36.7 Å². The van der Waals surface area contributed by atoms with Crippen LogP contribution in [0.25, 0.3) is 33.6 Å². The first-order chi connectivity index (χ1) is 23.9. The monoisotopic (exact) mass is 687 g/mol. The lowest BCUT2D eigenvalue weighted by atomic mass is 9.95. The highest BCUT2D eigenvalue weighted by molar-refractivity contribution is 7.14. The van der Waals surface area contributed by atoms with Crippen molar-refractivity contribution in [3.05, 3.63) is 118 Å². The summed E-state index contributed by atoms with van der Waals surface area (Å²) in [6.45, 7) is 6.40. The zero-order valence-electron chi connectivity index (χ0n) is 27.7. The van der Waals surface area contributed by atoms with Crippen molar-refractivity contribution in [2.75, 3.05) is 13.1 Å². The number of hydrogen-bond acceptors (Lipinski definition) is 7. The van der Waals surface area contributed by atoms with E-state index in [1.165, 1.54) is 22.3 Å². The van der Waals surface area contributed by atoms with Crippen LogP contribution in [0.4, 0.5) is 4.39 Å². The maximum atomic E-state index is 15.2. The van der Waals surface area contributed by atoms with Gasteiger partial charge in [-0.3, -0.25) is 14.4 Å². The molecule has 0 radical (unpaired) electrons. The second kappa shape index (κ2) is 14.0. The number of carbonyl (C=O) groups is 3. The van der Waals surface area contributed by atoms with Crippen LogP contribution in [0.5, 0.6) is 0 Å². The van der Waals surface area contributed by atoms with E-state index in [9.17, 15) is 24.8 Å². The molecule has 2 amide bonds. The first-order valence-electron chi connectivity index (χ1n) is 16.0. The van der Waals surface area contributed by atoms with Crippen molar-refractivity contribution >= 4 is 29.1 Å². The van der Waals surface area contributed by atoms with Crippen LogP contribution in [0.1, 0.15) is 46.4 Å². The number of benzene rings is 3. The molecule has 5 aromatic rings. The van der Waals surface area contributed by atoms with Crippen LogP contribution in [0, 0.1) is 23.1 Å². The maximum absolute atomic E-state index is 15.2. The van der Waals surface area contributed by atoms with Crippen molar-refractivity contribution in [1.82, 2.24) is 20.2 Å². The van der Waals surface area contributed by atoms with E-state index in [0.29, 0.717) is 38.5 Å². The fraction of sp³-hybridized carbons (Fsp3) is 0.231. The van der Waals surface area contributed by atoms with Gasteiger partial charge in [-0.1, -0.05) is 69.3 Å². The molecule has 0 saturated carbocycles. The van der Waals surface area contributed by atoms with Crippen molar-refractivity contribution in [2.45, 2.75) is 38.6 Å². The molecule has 0 spiro atoms. The molecule has 9 nitrogen and oxygen atoms in total.